The highest BCUT2D eigenvalue weighted by molar-refractivity contribution is 7.80. The van der Waals surface area contributed by atoms with Gasteiger partial charge >= 0.3 is 0 Å². The van der Waals surface area contributed by atoms with Gasteiger partial charge < -0.3 is 15.4 Å². The Balaban J connectivity index is 1.55. The smallest absolute Gasteiger partial charge is 0.171 e. The minimum Gasteiger partial charge on any atom is -0.382 e. The van der Waals surface area contributed by atoms with Crippen molar-refractivity contribution in [2.45, 2.75) is 19.9 Å². The molecular weight excluding hydrogens is 344 g/mol. The summed E-state index contributed by atoms with van der Waals surface area (Å²) in [5, 5.41) is 13.9. The molecule has 0 aliphatic rings. The Morgan fingerprint density at radius 2 is 2.00 bits per heavy atom. The number of fused-ring (bicyclic) bond motifs is 1. The summed E-state index contributed by atoms with van der Waals surface area (Å²) >= 11 is 5.30. The number of hydrogen-bond donors (Lipinski definition) is 2. The summed E-state index contributed by atoms with van der Waals surface area (Å²) in [4.78, 5) is 0. The third-order valence-corrected chi connectivity index (χ3v) is 4.30. The predicted molar refractivity (Wildman–Crippen MR) is 111 cm³/mol. The number of anilines is 1. The van der Waals surface area contributed by atoms with Gasteiger partial charge in [-0.2, -0.15) is 5.10 Å². The van der Waals surface area contributed by atoms with Crippen LogP contribution in [-0.4, -0.2) is 34.7 Å². The minimum absolute atomic E-state index is 0.580. The van der Waals surface area contributed by atoms with Gasteiger partial charge in [-0.15, -0.1) is 0 Å². The van der Waals surface area contributed by atoms with Gasteiger partial charge in [0.2, 0.25) is 0 Å². The van der Waals surface area contributed by atoms with Crippen molar-refractivity contribution in [3.8, 4) is 0 Å². The summed E-state index contributed by atoms with van der Waals surface area (Å²) < 4.78 is 7.22. The fourth-order valence-corrected chi connectivity index (χ4v) is 3.01. The van der Waals surface area contributed by atoms with E-state index in [1.54, 1.807) is 0 Å². The highest BCUT2D eigenvalue weighted by Gasteiger charge is 2.05. The van der Waals surface area contributed by atoms with E-state index in [9.17, 15) is 0 Å². The number of ether oxygens (including phenoxy) is 1. The second-order valence-corrected chi connectivity index (χ2v) is 6.38. The SMILES string of the molecule is CCOCCCNC(=S)Nc1ccn(Cc2cccc3ccccc23)n1. The molecule has 1 aromatic heterocycles. The molecule has 0 bridgehead atoms. The molecule has 3 aromatic rings. The van der Waals surface area contributed by atoms with Crippen molar-refractivity contribution in [2.24, 2.45) is 0 Å². The normalized spacial score (nSPS) is 10.8. The summed E-state index contributed by atoms with van der Waals surface area (Å²) in [7, 11) is 0. The van der Waals surface area contributed by atoms with Crippen molar-refractivity contribution in [2.75, 3.05) is 25.1 Å². The maximum Gasteiger partial charge on any atom is 0.171 e. The molecule has 3 rings (SSSR count). The van der Waals surface area contributed by atoms with E-state index in [0.29, 0.717) is 5.11 Å². The van der Waals surface area contributed by atoms with Crippen molar-refractivity contribution in [1.82, 2.24) is 15.1 Å². The van der Waals surface area contributed by atoms with Crippen LogP contribution < -0.4 is 10.6 Å². The van der Waals surface area contributed by atoms with E-state index in [0.717, 1.165) is 38.5 Å². The van der Waals surface area contributed by atoms with Crippen LogP contribution in [0.4, 0.5) is 5.82 Å². The average molecular weight is 369 g/mol. The average Bonchev–Trinajstić information content (AvgIpc) is 3.08. The number of hydrogen-bond acceptors (Lipinski definition) is 3. The number of rotatable bonds is 8. The largest absolute Gasteiger partial charge is 0.382 e. The molecule has 0 aliphatic carbocycles. The molecule has 0 amide bonds. The maximum absolute atomic E-state index is 5.30. The second-order valence-electron chi connectivity index (χ2n) is 5.97. The highest BCUT2D eigenvalue weighted by Crippen LogP contribution is 2.19. The van der Waals surface area contributed by atoms with Crippen LogP contribution in [0.25, 0.3) is 10.8 Å². The summed E-state index contributed by atoms with van der Waals surface area (Å²) in [6.45, 7) is 4.98. The van der Waals surface area contributed by atoms with Crippen molar-refractivity contribution >= 4 is 33.9 Å². The van der Waals surface area contributed by atoms with Crippen LogP contribution in [0.1, 0.15) is 18.9 Å². The van der Waals surface area contributed by atoms with E-state index >= 15 is 0 Å². The molecule has 0 aliphatic heterocycles. The van der Waals surface area contributed by atoms with Gasteiger partial charge in [0.05, 0.1) is 6.54 Å². The first-order valence-corrected chi connectivity index (χ1v) is 9.30. The zero-order valence-electron chi connectivity index (χ0n) is 14.9. The molecule has 0 saturated carbocycles. The van der Waals surface area contributed by atoms with Crippen LogP contribution in [0.3, 0.4) is 0 Å². The molecule has 26 heavy (non-hydrogen) atoms. The van der Waals surface area contributed by atoms with Crippen molar-refractivity contribution < 1.29 is 4.74 Å². The first-order valence-electron chi connectivity index (χ1n) is 8.89. The number of nitrogens with one attached hydrogen (secondary N) is 2. The van der Waals surface area contributed by atoms with Gasteiger partial charge in [0, 0.05) is 32.0 Å². The summed E-state index contributed by atoms with van der Waals surface area (Å²) in [6, 6.07) is 16.7. The molecule has 2 aromatic carbocycles. The Morgan fingerprint density at radius 3 is 2.88 bits per heavy atom. The molecule has 1 heterocycles. The van der Waals surface area contributed by atoms with E-state index in [1.165, 1.54) is 16.3 Å². The number of benzene rings is 2. The zero-order valence-corrected chi connectivity index (χ0v) is 15.8. The van der Waals surface area contributed by atoms with E-state index in [1.807, 2.05) is 23.9 Å². The van der Waals surface area contributed by atoms with Gasteiger partial charge in [-0.3, -0.25) is 4.68 Å². The monoisotopic (exact) mass is 368 g/mol. The van der Waals surface area contributed by atoms with Crippen molar-refractivity contribution in [1.29, 1.82) is 0 Å². The van der Waals surface area contributed by atoms with Crippen LogP contribution in [0.15, 0.2) is 54.7 Å². The van der Waals surface area contributed by atoms with Crippen LogP contribution in [-0.2, 0) is 11.3 Å². The fraction of sp³-hybridized carbons (Fsp3) is 0.300. The summed E-state index contributed by atoms with van der Waals surface area (Å²) in [5.41, 5.74) is 1.24. The van der Waals surface area contributed by atoms with E-state index < -0.39 is 0 Å². The van der Waals surface area contributed by atoms with Crippen molar-refractivity contribution in [3.63, 3.8) is 0 Å². The molecular formula is C20H24N4OS. The number of thiocarbonyl (C=S) groups is 1. The third kappa shape index (κ3) is 5.03. The Kier molecular flexibility index (Phi) is 6.57. The standard InChI is InChI=1S/C20H24N4OS/c1-2-25-14-6-12-21-20(26)22-19-11-13-24(23-19)15-17-9-5-8-16-7-3-4-10-18(16)17/h3-5,7-11,13H,2,6,12,14-15H2,1H3,(H2,21,22,23,26). The molecule has 0 radical (unpaired) electrons. The number of aromatic nitrogens is 2. The van der Waals surface area contributed by atoms with E-state index in [2.05, 4.69) is 58.2 Å². The van der Waals surface area contributed by atoms with Gasteiger partial charge in [-0.25, -0.2) is 0 Å². The lowest BCUT2D eigenvalue weighted by Gasteiger charge is -2.09. The lowest BCUT2D eigenvalue weighted by atomic mass is 10.0. The third-order valence-electron chi connectivity index (χ3n) is 4.05. The van der Waals surface area contributed by atoms with Crippen LogP contribution in [0.2, 0.25) is 0 Å². The topological polar surface area (TPSA) is 51.1 Å². The van der Waals surface area contributed by atoms with Gasteiger partial charge in [0.25, 0.3) is 0 Å². The molecule has 136 valence electrons. The molecule has 0 atom stereocenters. The first kappa shape index (κ1) is 18.4. The Hall–Kier alpha value is -2.44. The van der Waals surface area contributed by atoms with Crippen LogP contribution >= 0.6 is 12.2 Å². The van der Waals surface area contributed by atoms with E-state index in [-0.39, 0.29) is 0 Å². The maximum atomic E-state index is 5.30. The molecule has 0 unspecified atom stereocenters. The molecule has 0 fully saturated rings. The summed E-state index contributed by atoms with van der Waals surface area (Å²) in [5.74, 6) is 0.743. The fourth-order valence-electron chi connectivity index (χ4n) is 2.80. The highest BCUT2D eigenvalue weighted by atomic mass is 32.1. The lowest BCUT2D eigenvalue weighted by Crippen LogP contribution is -2.30. The van der Waals surface area contributed by atoms with Crippen molar-refractivity contribution in [3.05, 3.63) is 60.3 Å². The first-order chi connectivity index (χ1) is 12.8. The van der Waals surface area contributed by atoms with Crippen LogP contribution in [0.5, 0.6) is 0 Å². The predicted octanol–water partition coefficient (Wildman–Crippen LogP) is 3.80. The van der Waals surface area contributed by atoms with E-state index in [4.69, 9.17) is 17.0 Å². The molecule has 0 spiro atoms. The van der Waals surface area contributed by atoms with Gasteiger partial charge in [-0.05, 0) is 41.9 Å². The summed E-state index contributed by atoms with van der Waals surface area (Å²) in [6.07, 6.45) is 2.88. The Morgan fingerprint density at radius 1 is 1.15 bits per heavy atom. The Labute approximate surface area is 159 Å². The lowest BCUT2D eigenvalue weighted by molar-refractivity contribution is 0.146. The van der Waals surface area contributed by atoms with Gasteiger partial charge in [-0.1, -0.05) is 42.5 Å². The second kappa shape index (κ2) is 9.31. The molecule has 2 N–H and O–H groups in total. The Bertz CT molecular complexity index is 856. The quantitative estimate of drug-likeness (QED) is 0.468. The van der Waals surface area contributed by atoms with Gasteiger partial charge in [0.15, 0.2) is 10.9 Å². The number of nitrogens with zero attached hydrogens (tertiary/aromatic N) is 2. The van der Waals surface area contributed by atoms with Gasteiger partial charge in [0.1, 0.15) is 0 Å². The molecule has 5 nitrogen and oxygen atoms in total. The minimum atomic E-state index is 0.580. The van der Waals surface area contributed by atoms with Crippen LogP contribution in [0, 0.1) is 0 Å². The molecule has 0 saturated heterocycles. The zero-order chi connectivity index (χ0) is 18.2. The molecule has 6 heteroatoms.